The van der Waals surface area contributed by atoms with Crippen molar-refractivity contribution in [1.82, 2.24) is 16.0 Å². The van der Waals surface area contributed by atoms with Crippen molar-refractivity contribution in [2.45, 2.75) is 81.4 Å². The van der Waals surface area contributed by atoms with Crippen LogP contribution in [0.4, 0.5) is 13.2 Å². The van der Waals surface area contributed by atoms with Crippen LogP contribution in [0.5, 0.6) is 0 Å². The largest absolute Gasteiger partial charge is 0.481 e. The molecule has 55 heavy (non-hydrogen) atoms. The lowest BCUT2D eigenvalue weighted by Gasteiger charge is -2.48. The Kier molecular flexibility index (Phi) is 14.5. The summed E-state index contributed by atoms with van der Waals surface area (Å²) in [5.74, 6) is -7.67. The zero-order chi connectivity index (χ0) is 40.3. The summed E-state index contributed by atoms with van der Waals surface area (Å²) in [4.78, 5) is 62.5. The number of aliphatic hydroxyl groups is 2. The Hall–Kier alpha value is -5.36. The third-order valence-electron chi connectivity index (χ3n) is 8.92. The first kappa shape index (κ1) is 42.4. The van der Waals surface area contributed by atoms with Gasteiger partial charge in [-0.2, -0.15) is 13.2 Å². The van der Waals surface area contributed by atoms with E-state index in [2.05, 4.69) is 16.0 Å². The monoisotopic (exact) mass is 773 g/mol. The second kappa shape index (κ2) is 18.8. The van der Waals surface area contributed by atoms with Gasteiger partial charge in [0.15, 0.2) is 0 Å². The van der Waals surface area contributed by atoms with Gasteiger partial charge >= 0.3 is 18.1 Å². The molecule has 1 aliphatic heterocycles. The van der Waals surface area contributed by atoms with Crippen LogP contribution in [0, 0.1) is 0 Å². The first-order valence-corrected chi connectivity index (χ1v) is 17.3. The van der Waals surface area contributed by atoms with Gasteiger partial charge < -0.3 is 45.9 Å². The maximum atomic E-state index is 13.4. The van der Waals surface area contributed by atoms with Gasteiger partial charge in [0.25, 0.3) is 17.6 Å². The fourth-order valence-electron chi connectivity index (χ4n) is 6.06. The number of nitrogens with one attached hydrogen (secondary N) is 3. The lowest BCUT2D eigenvalue weighted by atomic mass is 9.86. The van der Waals surface area contributed by atoms with Crippen molar-refractivity contribution in [1.29, 1.82) is 0 Å². The number of carboxylic acid groups (broad SMARTS) is 2. The molecule has 1 saturated heterocycles. The molecule has 1 fully saturated rings. The van der Waals surface area contributed by atoms with Crippen molar-refractivity contribution in [2.75, 3.05) is 13.2 Å². The van der Waals surface area contributed by atoms with Crippen molar-refractivity contribution >= 4 is 29.7 Å². The van der Waals surface area contributed by atoms with Crippen LogP contribution in [0.3, 0.4) is 0 Å². The highest BCUT2D eigenvalue weighted by atomic mass is 19.4. The van der Waals surface area contributed by atoms with Gasteiger partial charge in [-0.3, -0.25) is 19.2 Å². The number of carboxylic acids is 2. The standard InChI is InChI=1S/C38H42F3N3O11/c1-22(45)43-31-28(44-35(51)26-15-17-27(18-16-26)38(39,40)41)20-37(36(52)53,54-19-7-3-6-10-30(47)48)55-33(31)32(49)29(46)21-42-34(50)25-13-11-24(12-14-25)23-8-4-2-5-9-23/h2,4-5,8-9,11-18,28-29,31-33,46,49H,3,6-7,10,19-21H2,1H3,(H,42,50)(H,43,45)(H,44,51)(H,47,48)(H,52,53)/t28-,29+,31+,32+,33+,37+/m0/s1. The van der Waals surface area contributed by atoms with Crippen LogP contribution in [0.2, 0.25) is 0 Å². The van der Waals surface area contributed by atoms with E-state index in [0.29, 0.717) is 18.6 Å². The van der Waals surface area contributed by atoms with Crippen molar-refractivity contribution in [3.63, 3.8) is 0 Å². The van der Waals surface area contributed by atoms with E-state index < -0.39 is 90.5 Å². The summed E-state index contributed by atoms with van der Waals surface area (Å²) in [5, 5.41) is 49.3. The summed E-state index contributed by atoms with van der Waals surface area (Å²) in [7, 11) is 0. The first-order valence-electron chi connectivity index (χ1n) is 17.3. The van der Waals surface area contributed by atoms with E-state index in [9.17, 15) is 52.5 Å². The van der Waals surface area contributed by atoms with E-state index in [1.807, 2.05) is 30.3 Å². The molecule has 0 aromatic heterocycles. The van der Waals surface area contributed by atoms with E-state index in [-0.39, 0.29) is 37.0 Å². The minimum Gasteiger partial charge on any atom is -0.481 e. The lowest BCUT2D eigenvalue weighted by Crippen LogP contribution is -2.71. The van der Waals surface area contributed by atoms with Crippen molar-refractivity contribution < 1.29 is 67.0 Å². The highest BCUT2D eigenvalue weighted by Gasteiger charge is 2.56. The highest BCUT2D eigenvalue weighted by Crippen LogP contribution is 2.35. The van der Waals surface area contributed by atoms with Crippen LogP contribution in [0.15, 0.2) is 78.9 Å². The SMILES string of the molecule is CC(=O)N[C@H]1[C@H]([C@H](O)[C@H](O)CNC(=O)c2ccc(-c3ccccc3)cc2)O[C@@](OCCCCCC(=O)O)(C(=O)O)C[C@@H]1NC(=O)c1ccc(C(F)(F)F)cc1. The van der Waals surface area contributed by atoms with E-state index in [1.54, 1.807) is 24.3 Å². The molecule has 1 aliphatic rings. The third-order valence-corrected chi connectivity index (χ3v) is 8.92. The Morgan fingerprint density at radius 3 is 2.02 bits per heavy atom. The maximum Gasteiger partial charge on any atom is 0.416 e. The van der Waals surface area contributed by atoms with Gasteiger partial charge in [0.2, 0.25) is 5.91 Å². The van der Waals surface area contributed by atoms with Gasteiger partial charge in [0.05, 0.1) is 30.4 Å². The zero-order valence-corrected chi connectivity index (χ0v) is 29.6. The average Bonchev–Trinajstić information content (AvgIpc) is 3.15. The highest BCUT2D eigenvalue weighted by molar-refractivity contribution is 5.95. The molecule has 0 saturated carbocycles. The number of aliphatic hydroxyl groups excluding tert-OH is 2. The Bertz CT molecular complexity index is 1790. The Morgan fingerprint density at radius 2 is 1.44 bits per heavy atom. The summed E-state index contributed by atoms with van der Waals surface area (Å²) in [6, 6.07) is 16.2. The number of halogens is 3. The fraction of sp³-hybridized carbons (Fsp3) is 0.395. The lowest BCUT2D eigenvalue weighted by molar-refractivity contribution is -0.300. The van der Waals surface area contributed by atoms with Crippen LogP contribution < -0.4 is 16.0 Å². The van der Waals surface area contributed by atoms with E-state index >= 15 is 0 Å². The van der Waals surface area contributed by atoms with Gasteiger partial charge in [0.1, 0.15) is 12.2 Å². The molecule has 0 spiro atoms. The van der Waals surface area contributed by atoms with Crippen LogP contribution >= 0.6 is 0 Å². The molecule has 4 rings (SSSR count). The summed E-state index contributed by atoms with van der Waals surface area (Å²) in [6.45, 7) is 0.214. The number of carbonyl (C=O) groups is 5. The second-order valence-electron chi connectivity index (χ2n) is 13.0. The van der Waals surface area contributed by atoms with E-state index in [4.69, 9.17) is 14.6 Å². The Morgan fingerprint density at radius 1 is 0.836 bits per heavy atom. The second-order valence-corrected chi connectivity index (χ2v) is 13.0. The molecule has 0 radical (unpaired) electrons. The fourth-order valence-corrected chi connectivity index (χ4v) is 6.06. The van der Waals surface area contributed by atoms with E-state index in [0.717, 1.165) is 30.2 Å². The predicted octanol–water partition coefficient (Wildman–Crippen LogP) is 3.36. The number of unbranched alkanes of at least 4 members (excludes halogenated alkanes) is 2. The van der Waals surface area contributed by atoms with Crippen LogP contribution in [-0.2, 0) is 30.0 Å². The number of hydrogen-bond acceptors (Lipinski definition) is 9. The van der Waals surface area contributed by atoms with Crippen LogP contribution in [-0.4, -0.2) is 99.4 Å². The molecule has 3 aromatic rings. The smallest absolute Gasteiger partial charge is 0.416 e. The molecule has 0 unspecified atom stereocenters. The number of hydrogen-bond donors (Lipinski definition) is 7. The molecule has 3 amide bonds. The van der Waals surface area contributed by atoms with Gasteiger partial charge in [-0.05, 0) is 60.4 Å². The molecule has 17 heteroatoms. The summed E-state index contributed by atoms with van der Waals surface area (Å²) in [6.07, 6.45) is -10.5. The van der Waals surface area contributed by atoms with Crippen molar-refractivity contribution in [3.05, 3.63) is 95.6 Å². The predicted molar refractivity (Wildman–Crippen MR) is 188 cm³/mol. The minimum absolute atomic E-state index is 0.140. The number of benzene rings is 3. The Balaban J connectivity index is 1.57. The first-order chi connectivity index (χ1) is 26.0. The molecule has 6 atom stereocenters. The molecule has 0 aliphatic carbocycles. The maximum absolute atomic E-state index is 13.4. The number of aliphatic carboxylic acids is 2. The van der Waals surface area contributed by atoms with Gasteiger partial charge in [-0.1, -0.05) is 48.9 Å². The van der Waals surface area contributed by atoms with Crippen LogP contribution in [0.1, 0.15) is 65.3 Å². The molecule has 3 aromatic carbocycles. The zero-order valence-electron chi connectivity index (χ0n) is 29.6. The summed E-state index contributed by atoms with van der Waals surface area (Å²) in [5.41, 5.74) is 0.705. The number of carbonyl (C=O) groups excluding carboxylic acids is 3. The van der Waals surface area contributed by atoms with Crippen molar-refractivity contribution in [2.24, 2.45) is 0 Å². The van der Waals surface area contributed by atoms with E-state index in [1.165, 1.54) is 0 Å². The van der Waals surface area contributed by atoms with Gasteiger partial charge in [-0.25, -0.2) is 4.79 Å². The number of amides is 3. The number of alkyl halides is 3. The number of rotatable bonds is 17. The molecular formula is C38H42F3N3O11. The number of ether oxygens (including phenoxy) is 2. The van der Waals surface area contributed by atoms with Gasteiger partial charge in [0, 0.05) is 37.4 Å². The van der Waals surface area contributed by atoms with Crippen molar-refractivity contribution in [3.8, 4) is 11.1 Å². The molecule has 7 N–H and O–H groups in total. The molecular weight excluding hydrogens is 731 g/mol. The third kappa shape index (κ3) is 11.6. The molecule has 1 heterocycles. The molecule has 14 nitrogen and oxygen atoms in total. The molecule has 296 valence electrons. The van der Waals surface area contributed by atoms with Gasteiger partial charge in [-0.15, -0.1) is 0 Å². The quantitative estimate of drug-likeness (QED) is 0.0987. The molecule has 0 bridgehead atoms. The Labute approximate surface area is 313 Å². The summed E-state index contributed by atoms with van der Waals surface area (Å²) < 4.78 is 51.0. The van der Waals surface area contributed by atoms with Crippen LogP contribution in [0.25, 0.3) is 11.1 Å². The normalized spacial score (nSPS) is 20.8. The topological polar surface area (TPSA) is 221 Å². The summed E-state index contributed by atoms with van der Waals surface area (Å²) >= 11 is 0. The minimum atomic E-state index is -4.69. The average molecular weight is 774 g/mol.